The fourth-order valence-electron chi connectivity index (χ4n) is 2.10. The lowest BCUT2D eigenvalue weighted by Crippen LogP contribution is -2.09. The summed E-state index contributed by atoms with van der Waals surface area (Å²) in [6.07, 6.45) is -4.63. The summed E-state index contributed by atoms with van der Waals surface area (Å²) >= 11 is 0. The second-order valence-electron chi connectivity index (χ2n) is 4.58. The number of alkyl halides is 3. The Balaban J connectivity index is 2.79. The molecule has 5 heteroatoms. The largest absolute Gasteiger partial charge is 0.417 e. The van der Waals surface area contributed by atoms with Crippen LogP contribution in [0, 0.1) is 25.5 Å². The Morgan fingerprint density at radius 3 is 2.10 bits per heavy atom. The first-order valence-corrected chi connectivity index (χ1v) is 5.84. The molecule has 0 bridgehead atoms. The normalized spacial score (nSPS) is 11.8. The van der Waals surface area contributed by atoms with E-state index in [2.05, 4.69) is 0 Å². The number of halogens is 5. The summed E-state index contributed by atoms with van der Waals surface area (Å²) in [5, 5.41) is 0. The first-order chi connectivity index (χ1) is 9.21. The summed E-state index contributed by atoms with van der Waals surface area (Å²) in [4.78, 5) is 0. The van der Waals surface area contributed by atoms with Gasteiger partial charge in [0.25, 0.3) is 0 Å². The van der Waals surface area contributed by atoms with Crippen LogP contribution in [0.3, 0.4) is 0 Å². The Kier molecular flexibility index (Phi) is 3.54. The highest BCUT2D eigenvalue weighted by atomic mass is 19.4. The van der Waals surface area contributed by atoms with Crippen LogP contribution >= 0.6 is 0 Å². The van der Waals surface area contributed by atoms with Crippen molar-refractivity contribution in [1.29, 1.82) is 0 Å². The molecule has 0 aromatic heterocycles. The van der Waals surface area contributed by atoms with Crippen LogP contribution in [0.25, 0.3) is 11.1 Å². The van der Waals surface area contributed by atoms with Gasteiger partial charge in [-0.15, -0.1) is 0 Å². The Morgan fingerprint density at radius 2 is 1.50 bits per heavy atom. The molecule has 106 valence electrons. The van der Waals surface area contributed by atoms with Crippen LogP contribution in [0.4, 0.5) is 22.0 Å². The van der Waals surface area contributed by atoms with E-state index in [1.807, 2.05) is 0 Å². The summed E-state index contributed by atoms with van der Waals surface area (Å²) < 4.78 is 66.5. The van der Waals surface area contributed by atoms with Crippen molar-refractivity contribution < 1.29 is 22.0 Å². The molecule has 0 nitrogen and oxygen atoms in total. The molecule has 0 heterocycles. The third-order valence-electron chi connectivity index (χ3n) is 3.10. The van der Waals surface area contributed by atoms with Gasteiger partial charge in [-0.3, -0.25) is 0 Å². The van der Waals surface area contributed by atoms with E-state index in [0.717, 1.165) is 18.2 Å². The van der Waals surface area contributed by atoms with Crippen LogP contribution in [0.1, 0.15) is 16.7 Å². The number of aryl methyl sites for hydroxylation is 2. The van der Waals surface area contributed by atoms with E-state index in [0.29, 0.717) is 0 Å². The van der Waals surface area contributed by atoms with Crippen molar-refractivity contribution in [1.82, 2.24) is 0 Å². The standard InChI is InChI=1S/C15H11F5/c1-8-4-3-5-11(15(18,19)20)14(8)10-7-12(16)9(2)6-13(10)17/h3-7H,1-2H3. The molecule has 0 aliphatic carbocycles. The number of benzene rings is 2. The van der Waals surface area contributed by atoms with Crippen molar-refractivity contribution in [3.63, 3.8) is 0 Å². The summed E-state index contributed by atoms with van der Waals surface area (Å²) in [6, 6.07) is 5.24. The molecule has 0 aliphatic rings. The Morgan fingerprint density at radius 1 is 0.850 bits per heavy atom. The highest BCUT2D eigenvalue weighted by molar-refractivity contribution is 5.72. The van der Waals surface area contributed by atoms with Gasteiger partial charge in [0.1, 0.15) is 11.6 Å². The lowest BCUT2D eigenvalue weighted by atomic mass is 9.93. The average Bonchev–Trinajstić information content (AvgIpc) is 2.33. The van der Waals surface area contributed by atoms with Gasteiger partial charge in [-0.2, -0.15) is 13.2 Å². The van der Waals surface area contributed by atoms with Gasteiger partial charge in [0.15, 0.2) is 0 Å². The molecule has 0 unspecified atom stereocenters. The van der Waals surface area contributed by atoms with Gasteiger partial charge in [-0.05, 0) is 48.7 Å². The first-order valence-electron chi connectivity index (χ1n) is 5.84. The van der Waals surface area contributed by atoms with Crippen LogP contribution in [-0.2, 0) is 6.18 Å². The molecule has 0 N–H and O–H groups in total. The van der Waals surface area contributed by atoms with Crippen molar-refractivity contribution in [3.8, 4) is 11.1 Å². The summed E-state index contributed by atoms with van der Waals surface area (Å²) in [5.41, 5.74) is -1.38. The van der Waals surface area contributed by atoms with Crippen molar-refractivity contribution in [3.05, 3.63) is 58.7 Å². The molecule has 0 amide bonds. The SMILES string of the molecule is Cc1cc(F)c(-c2c(C)cccc2C(F)(F)F)cc1F. The minimum atomic E-state index is -4.63. The average molecular weight is 286 g/mol. The summed E-state index contributed by atoms with van der Waals surface area (Å²) in [7, 11) is 0. The second kappa shape index (κ2) is 4.89. The smallest absolute Gasteiger partial charge is 0.207 e. The van der Waals surface area contributed by atoms with Gasteiger partial charge in [0.05, 0.1) is 5.56 Å². The maximum atomic E-state index is 13.9. The van der Waals surface area contributed by atoms with Crippen LogP contribution in [0.5, 0.6) is 0 Å². The topological polar surface area (TPSA) is 0 Å². The summed E-state index contributed by atoms with van der Waals surface area (Å²) in [5.74, 6) is -1.61. The van der Waals surface area contributed by atoms with Crippen LogP contribution < -0.4 is 0 Å². The molecular formula is C15H11F5. The highest BCUT2D eigenvalue weighted by Gasteiger charge is 2.34. The zero-order valence-corrected chi connectivity index (χ0v) is 10.8. The zero-order chi connectivity index (χ0) is 15.1. The molecule has 2 aromatic carbocycles. The maximum absolute atomic E-state index is 13.9. The van der Waals surface area contributed by atoms with E-state index < -0.39 is 23.4 Å². The lowest BCUT2D eigenvalue weighted by molar-refractivity contribution is -0.137. The van der Waals surface area contributed by atoms with E-state index in [-0.39, 0.29) is 22.3 Å². The molecule has 20 heavy (non-hydrogen) atoms. The Hall–Kier alpha value is -1.91. The molecule has 2 rings (SSSR count). The van der Waals surface area contributed by atoms with Gasteiger partial charge in [0, 0.05) is 5.56 Å². The van der Waals surface area contributed by atoms with E-state index >= 15 is 0 Å². The van der Waals surface area contributed by atoms with E-state index in [9.17, 15) is 22.0 Å². The van der Waals surface area contributed by atoms with Crippen LogP contribution in [0.2, 0.25) is 0 Å². The molecule has 2 aromatic rings. The van der Waals surface area contributed by atoms with Gasteiger partial charge in [0.2, 0.25) is 0 Å². The Bertz CT molecular complexity index is 656. The van der Waals surface area contributed by atoms with Gasteiger partial charge in [-0.1, -0.05) is 12.1 Å². The number of hydrogen-bond donors (Lipinski definition) is 0. The number of hydrogen-bond acceptors (Lipinski definition) is 0. The molecule has 0 saturated heterocycles. The third-order valence-corrected chi connectivity index (χ3v) is 3.10. The van der Waals surface area contributed by atoms with Crippen molar-refractivity contribution in [2.45, 2.75) is 20.0 Å². The fraction of sp³-hybridized carbons (Fsp3) is 0.200. The molecule has 0 fully saturated rings. The third kappa shape index (κ3) is 2.53. The Labute approximate surface area is 112 Å². The molecule has 0 spiro atoms. The van der Waals surface area contributed by atoms with Crippen molar-refractivity contribution in [2.75, 3.05) is 0 Å². The lowest BCUT2D eigenvalue weighted by Gasteiger charge is -2.16. The molecule has 0 radical (unpaired) electrons. The van der Waals surface area contributed by atoms with Gasteiger partial charge >= 0.3 is 6.18 Å². The second-order valence-corrected chi connectivity index (χ2v) is 4.58. The summed E-state index contributed by atoms with van der Waals surface area (Å²) in [6.45, 7) is 2.78. The maximum Gasteiger partial charge on any atom is 0.417 e. The first kappa shape index (κ1) is 14.5. The zero-order valence-electron chi connectivity index (χ0n) is 10.8. The van der Waals surface area contributed by atoms with Crippen LogP contribution in [0.15, 0.2) is 30.3 Å². The van der Waals surface area contributed by atoms with Crippen LogP contribution in [-0.4, -0.2) is 0 Å². The minimum Gasteiger partial charge on any atom is -0.207 e. The molecular weight excluding hydrogens is 275 g/mol. The van der Waals surface area contributed by atoms with Gasteiger partial charge in [-0.25, -0.2) is 8.78 Å². The van der Waals surface area contributed by atoms with E-state index in [1.54, 1.807) is 0 Å². The number of rotatable bonds is 1. The molecule has 0 atom stereocenters. The van der Waals surface area contributed by atoms with E-state index in [1.165, 1.54) is 26.0 Å². The predicted octanol–water partition coefficient (Wildman–Crippen LogP) is 5.27. The predicted molar refractivity (Wildman–Crippen MR) is 66.3 cm³/mol. The molecule has 0 aliphatic heterocycles. The monoisotopic (exact) mass is 286 g/mol. The van der Waals surface area contributed by atoms with Crippen molar-refractivity contribution in [2.24, 2.45) is 0 Å². The van der Waals surface area contributed by atoms with E-state index in [4.69, 9.17) is 0 Å². The quantitative estimate of drug-likeness (QED) is 0.627. The fourth-order valence-corrected chi connectivity index (χ4v) is 2.10. The molecule has 0 saturated carbocycles. The minimum absolute atomic E-state index is 0.0494. The van der Waals surface area contributed by atoms with Gasteiger partial charge < -0.3 is 0 Å². The highest BCUT2D eigenvalue weighted by Crippen LogP contribution is 2.40. The van der Waals surface area contributed by atoms with Crippen molar-refractivity contribution >= 4 is 0 Å².